The van der Waals surface area contributed by atoms with Gasteiger partial charge in [0.25, 0.3) is 0 Å². The van der Waals surface area contributed by atoms with Crippen molar-refractivity contribution in [2.75, 3.05) is 0 Å². The van der Waals surface area contributed by atoms with Gasteiger partial charge in [-0.15, -0.1) is 0 Å². The molecular formula is C28H29N5O5. The number of carboxylic acid groups (broad SMARTS) is 1. The van der Waals surface area contributed by atoms with Crippen molar-refractivity contribution < 1.29 is 24.2 Å². The fourth-order valence-corrected chi connectivity index (χ4v) is 4.90. The fraction of sp³-hybridized carbons (Fsp3) is 0.321. The summed E-state index contributed by atoms with van der Waals surface area (Å²) in [5.41, 5.74) is 5.64. The summed E-state index contributed by atoms with van der Waals surface area (Å²) in [6.45, 7) is 5.34. The van der Waals surface area contributed by atoms with Crippen molar-refractivity contribution in [3.8, 4) is 6.07 Å². The van der Waals surface area contributed by atoms with Gasteiger partial charge in [0.15, 0.2) is 0 Å². The number of nitriles is 1. The lowest BCUT2D eigenvalue weighted by Crippen LogP contribution is -2.65. The summed E-state index contributed by atoms with van der Waals surface area (Å²) < 4.78 is 7.17. The van der Waals surface area contributed by atoms with Gasteiger partial charge in [0.05, 0.1) is 29.7 Å². The molecule has 0 fully saturated rings. The maximum absolute atomic E-state index is 13.4. The molecule has 0 aliphatic carbocycles. The van der Waals surface area contributed by atoms with E-state index >= 15 is 0 Å². The Balaban J connectivity index is 1.87. The number of carbonyl (C=O) groups excluding carboxylic acids is 2. The average Bonchev–Trinajstić information content (AvgIpc) is 3.31. The molecule has 2 aromatic carbocycles. The molecule has 2 heterocycles. The first-order chi connectivity index (χ1) is 18.0. The number of amides is 2. The van der Waals surface area contributed by atoms with Crippen molar-refractivity contribution in [2.24, 2.45) is 5.73 Å². The largest absolute Gasteiger partial charge is 0.480 e. The van der Waals surface area contributed by atoms with Gasteiger partial charge in [0.2, 0.25) is 11.3 Å². The molecule has 2 unspecified atom stereocenters. The molecule has 1 aliphatic heterocycles. The van der Waals surface area contributed by atoms with Gasteiger partial charge in [-0.3, -0.25) is 14.5 Å². The molecule has 1 aromatic heterocycles. The van der Waals surface area contributed by atoms with Crippen LogP contribution in [-0.2, 0) is 39.3 Å². The Hall–Kier alpha value is -4.65. The van der Waals surface area contributed by atoms with E-state index in [9.17, 15) is 19.5 Å². The minimum Gasteiger partial charge on any atom is -0.480 e. The number of nitrogens with zero attached hydrogens (tertiary/aromatic N) is 4. The number of hydrogen-bond donors (Lipinski definition) is 2. The van der Waals surface area contributed by atoms with E-state index in [2.05, 4.69) is 11.1 Å². The van der Waals surface area contributed by atoms with Crippen LogP contribution >= 0.6 is 0 Å². The van der Waals surface area contributed by atoms with Crippen LogP contribution < -0.4 is 5.73 Å². The van der Waals surface area contributed by atoms with E-state index in [0.29, 0.717) is 5.56 Å². The molecule has 196 valence electrons. The highest BCUT2D eigenvalue weighted by molar-refractivity contribution is 6.08. The second kappa shape index (κ2) is 10.0. The third-order valence-corrected chi connectivity index (χ3v) is 6.65. The number of aromatic nitrogens is 2. The number of rotatable bonds is 6. The van der Waals surface area contributed by atoms with E-state index in [4.69, 9.17) is 15.7 Å². The van der Waals surface area contributed by atoms with E-state index in [0.717, 1.165) is 16.7 Å². The summed E-state index contributed by atoms with van der Waals surface area (Å²) in [4.78, 5) is 45.3. The molecule has 2 amide bonds. The molecule has 38 heavy (non-hydrogen) atoms. The smallest absolute Gasteiger partial charge is 0.410 e. The minimum absolute atomic E-state index is 0.0415. The van der Waals surface area contributed by atoms with Gasteiger partial charge in [0.1, 0.15) is 5.60 Å². The Morgan fingerprint density at radius 2 is 1.79 bits per heavy atom. The van der Waals surface area contributed by atoms with Crippen molar-refractivity contribution >= 4 is 18.0 Å². The molecule has 0 bridgehead atoms. The number of fused-ring (bicyclic) bond motifs is 1. The molecule has 0 saturated carbocycles. The number of primary amides is 1. The van der Waals surface area contributed by atoms with Crippen LogP contribution in [0.2, 0.25) is 0 Å². The van der Waals surface area contributed by atoms with Crippen LogP contribution in [0.3, 0.4) is 0 Å². The van der Waals surface area contributed by atoms with Crippen LogP contribution in [0.4, 0.5) is 4.79 Å². The fourth-order valence-electron chi connectivity index (χ4n) is 4.90. The van der Waals surface area contributed by atoms with Crippen molar-refractivity contribution in [1.29, 1.82) is 5.26 Å². The first kappa shape index (κ1) is 26.4. The summed E-state index contributed by atoms with van der Waals surface area (Å²) in [7, 11) is 0. The first-order valence-corrected chi connectivity index (χ1v) is 12.1. The van der Waals surface area contributed by atoms with E-state index in [1.54, 1.807) is 45.0 Å². The van der Waals surface area contributed by atoms with Crippen molar-refractivity contribution in [3.05, 3.63) is 89.0 Å². The predicted molar refractivity (Wildman–Crippen MR) is 137 cm³/mol. The van der Waals surface area contributed by atoms with Gasteiger partial charge in [-0.05, 0) is 56.0 Å². The molecular weight excluding hydrogens is 486 g/mol. The molecule has 10 heteroatoms. The Bertz CT molecular complexity index is 1400. The van der Waals surface area contributed by atoms with Crippen LogP contribution in [0.1, 0.15) is 48.7 Å². The summed E-state index contributed by atoms with van der Waals surface area (Å²) in [5.74, 6) is -2.62. The number of aliphatic carboxylic acids is 1. The monoisotopic (exact) mass is 515 g/mol. The maximum atomic E-state index is 13.4. The summed E-state index contributed by atoms with van der Waals surface area (Å²) >= 11 is 0. The molecule has 1 aliphatic rings. The van der Waals surface area contributed by atoms with E-state index in [1.807, 2.05) is 24.3 Å². The lowest BCUT2D eigenvalue weighted by atomic mass is 9.71. The molecule has 0 spiro atoms. The molecule has 0 saturated heterocycles. The zero-order valence-electron chi connectivity index (χ0n) is 21.4. The molecule has 2 atom stereocenters. The standard InChI is InChI=1S/C28H29N5O5/c1-27(2,3)38-26(37)33-16-21-7-5-4-6-20(21)12-22(33)28(24(30)34,25(35)36)23-14-31-17-32(23)15-19-10-8-18(13-29)9-11-19/h4-11,14,17,22H,12,15-16H2,1-3H3,(H2,30,34)(H,35,36). The normalized spacial score (nSPS) is 16.6. The molecule has 0 radical (unpaired) electrons. The zero-order valence-corrected chi connectivity index (χ0v) is 21.4. The SMILES string of the molecule is CC(C)(C)OC(=O)N1Cc2ccccc2CC1C(C(N)=O)(C(=O)O)c1cncn1Cc1ccc(C#N)cc1. The number of carboxylic acids is 1. The van der Waals surface area contributed by atoms with Crippen molar-refractivity contribution in [3.63, 3.8) is 0 Å². The predicted octanol–water partition coefficient (Wildman–Crippen LogP) is 2.97. The topological polar surface area (TPSA) is 152 Å². The lowest BCUT2D eigenvalue weighted by molar-refractivity contribution is -0.153. The molecule has 4 rings (SSSR count). The van der Waals surface area contributed by atoms with Crippen LogP contribution in [0.25, 0.3) is 0 Å². The number of nitrogens with two attached hydrogens (primary N) is 1. The van der Waals surface area contributed by atoms with Gasteiger partial charge < -0.3 is 20.1 Å². The zero-order chi connectivity index (χ0) is 27.7. The number of carbonyl (C=O) groups is 3. The Morgan fingerprint density at radius 1 is 1.13 bits per heavy atom. The van der Waals surface area contributed by atoms with E-state index in [1.165, 1.54) is 22.0 Å². The summed E-state index contributed by atoms with van der Waals surface area (Å²) in [6, 6.07) is 15.0. The third-order valence-electron chi connectivity index (χ3n) is 6.65. The van der Waals surface area contributed by atoms with Crippen LogP contribution in [0, 0.1) is 11.3 Å². The summed E-state index contributed by atoms with van der Waals surface area (Å²) in [5, 5.41) is 19.8. The van der Waals surface area contributed by atoms with Crippen molar-refractivity contribution in [1.82, 2.24) is 14.5 Å². The first-order valence-electron chi connectivity index (χ1n) is 12.1. The van der Waals surface area contributed by atoms with Gasteiger partial charge in [0, 0.05) is 19.3 Å². The van der Waals surface area contributed by atoms with E-state index < -0.39 is 35.0 Å². The Kier molecular flexibility index (Phi) is 6.96. The third kappa shape index (κ3) is 4.83. The van der Waals surface area contributed by atoms with Crippen LogP contribution in [0.15, 0.2) is 61.1 Å². The highest BCUT2D eigenvalue weighted by Crippen LogP contribution is 2.39. The minimum atomic E-state index is -2.34. The van der Waals surface area contributed by atoms with Gasteiger partial charge in [-0.1, -0.05) is 36.4 Å². The van der Waals surface area contributed by atoms with E-state index in [-0.39, 0.29) is 25.2 Å². The van der Waals surface area contributed by atoms with Gasteiger partial charge in [-0.2, -0.15) is 5.26 Å². The highest BCUT2D eigenvalue weighted by Gasteiger charge is 2.59. The van der Waals surface area contributed by atoms with Crippen LogP contribution in [-0.4, -0.2) is 49.2 Å². The Labute approximate surface area is 220 Å². The summed E-state index contributed by atoms with van der Waals surface area (Å²) in [6.07, 6.45) is 2.04. The average molecular weight is 516 g/mol. The number of imidazole rings is 1. The quantitative estimate of drug-likeness (QED) is 0.479. The number of benzene rings is 2. The van der Waals surface area contributed by atoms with Gasteiger partial charge in [-0.25, -0.2) is 9.78 Å². The maximum Gasteiger partial charge on any atom is 0.410 e. The number of ether oxygens (including phenoxy) is 1. The molecule has 3 aromatic rings. The highest BCUT2D eigenvalue weighted by atomic mass is 16.6. The van der Waals surface area contributed by atoms with Crippen LogP contribution in [0.5, 0.6) is 0 Å². The van der Waals surface area contributed by atoms with Crippen molar-refractivity contribution in [2.45, 2.75) is 57.3 Å². The molecule has 10 nitrogen and oxygen atoms in total. The molecule has 3 N–H and O–H groups in total. The second-order valence-corrected chi connectivity index (χ2v) is 10.3. The lowest BCUT2D eigenvalue weighted by Gasteiger charge is -2.45. The number of hydrogen-bond acceptors (Lipinski definition) is 6. The Morgan fingerprint density at radius 3 is 2.37 bits per heavy atom. The second-order valence-electron chi connectivity index (χ2n) is 10.3. The van der Waals surface area contributed by atoms with Gasteiger partial charge >= 0.3 is 12.1 Å².